The largest absolute Gasteiger partial charge is 0.346 e. The Morgan fingerprint density at radius 2 is 1.63 bits per heavy atom. The lowest BCUT2D eigenvalue weighted by molar-refractivity contribution is -0.0987. The van der Waals surface area contributed by atoms with E-state index in [9.17, 15) is 4.79 Å². The number of rotatable bonds is 3. The summed E-state index contributed by atoms with van der Waals surface area (Å²) in [6, 6.07) is 7.42. The molecule has 0 spiro atoms. The van der Waals surface area contributed by atoms with Crippen LogP contribution in [-0.4, -0.2) is 17.6 Å². The number of nitrogens with one attached hydrogen (secondary N) is 1. The van der Waals surface area contributed by atoms with Crippen molar-refractivity contribution in [3.8, 4) is 0 Å². The molecule has 0 radical (unpaired) electrons. The molecule has 1 amide bonds. The normalized spacial score (nSPS) is 35.4. The van der Waals surface area contributed by atoms with Gasteiger partial charge in [0.05, 0.1) is 6.04 Å². The van der Waals surface area contributed by atoms with Crippen molar-refractivity contribution in [2.24, 2.45) is 23.2 Å². The predicted octanol–water partition coefficient (Wildman–Crippen LogP) is 5.78. The van der Waals surface area contributed by atoms with Gasteiger partial charge < -0.3 is 5.32 Å². The first kappa shape index (κ1) is 18.7. The standard InChI is InChI=1S/C24H32FNO/c1-15(12-23(2,3)4)18-5-7-19(8-6-18)22(27)26-21-20-10-16-9-17(11-20)14-24(21,25)13-16/h5-8,12,16-17,20-21H,9-11,13-14H2,1-4H3,(H,26,27)/b15-12+/t16-,17-,20-,21?,24+/m1/s1. The number of allylic oxidation sites excluding steroid dienone is 2. The van der Waals surface area contributed by atoms with Crippen molar-refractivity contribution in [3.63, 3.8) is 0 Å². The Bertz CT molecular complexity index is 744. The van der Waals surface area contributed by atoms with Crippen molar-refractivity contribution in [1.29, 1.82) is 0 Å². The summed E-state index contributed by atoms with van der Waals surface area (Å²) in [4.78, 5) is 12.8. The minimum absolute atomic E-state index is 0.120. The highest BCUT2D eigenvalue weighted by Crippen LogP contribution is 2.57. The van der Waals surface area contributed by atoms with Crippen molar-refractivity contribution >= 4 is 11.5 Å². The second kappa shape index (κ2) is 6.46. The summed E-state index contributed by atoms with van der Waals surface area (Å²) in [6.45, 7) is 8.63. The predicted molar refractivity (Wildman–Crippen MR) is 108 cm³/mol. The number of alkyl halides is 1. The second-order valence-corrected chi connectivity index (χ2v) is 10.4. The van der Waals surface area contributed by atoms with Crippen molar-refractivity contribution in [1.82, 2.24) is 5.32 Å². The van der Waals surface area contributed by atoms with Gasteiger partial charge in [0.25, 0.3) is 5.91 Å². The molecule has 2 nitrogen and oxygen atoms in total. The molecule has 1 aromatic rings. The van der Waals surface area contributed by atoms with Crippen molar-refractivity contribution < 1.29 is 9.18 Å². The third-order valence-corrected chi connectivity index (χ3v) is 6.76. The SMILES string of the molecule is C/C(=C\C(C)(C)C)c1ccc(C(=O)NC2[C@H]3C[C@H]4C[C@H](C3)C[C@]2(F)C4)cc1. The quantitative estimate of drug-likeness (QED) is 0.718. The highest BCUT2D eigenvalue weighted by molar-refractivity contribution is 5.94. The van der Waals surface area contributed by atoms with Crippen LogP contribution in [-0.2, 0) is 0 Å². The fraction of sp³-hybridized carbons (Fsp3) is 0.625. The topological polar surface area (TPSA) is 29.1 Å². The monoisotopic (exact) mass is 369 g/mol. The van der Waals surface area contributed by atoms with Crippen LogP contribution in [0.3, 0.4) is 0 Å². The van der Waals surface area contributed by atoms with E-state index in [4.69, 9.17) is 0 Å². The van der Waals surface area contributed by atoms with Crippen LogP contribution < -0.4 is 5.32 Å². The van der Waals surface area contributed by atoms with Gasteiger partial charge in [-0.1, -0.05) is 39.0 Å². The van der Waals surface area contributed by atoms with Gasteiger partial charge in [-0.05, 0) is 85.5 Å². The minimum atomic E-state index is -1.18. The molecule has 1 N–H and O–H groups in total. The molecule has 5 rings (SSSR count). The maximum Gasteiger partial charge on any atom is 0.251 e. The van der Waals surface area contributed by atoms with Crippen LogP contribution in [0.25, 0.3) is 5.57 Å². The van der Waals surface area contributed by atoms with Crippen molar-refractivity contribution in [2.75, 3.05) is 0 Å². The van der Waals surface area contributed by atoms with Gasteiger partial charge in [0, 0.05) is 5.56 Å². The van der Waals surface area contributed by atoms with Gasteiger partial charge in [-0.25, -0.2) is 4.39 Å². The zero-order chi connectivity index (χ0) is 19.4. The molecule has 1 unspecified atom stereocenters. The van der Waals surface area contributed by atoms with Gasteiger partial charge in [-0.15, -0.1) is 0 Å². The van der Waals surface area contributed by atoms with Crippen LogP contribution in [0.4, 0.5) is 4.39 Å². The van der Waals surface area contributed by atoms with Gasteiger partial charge in [0.1, 0.15) is 5.67 Å². The number of benzene rings is 1. The van der Waals surface area contributed by atoms with Crippen LogP contribution in [0.2, 0.25) is 0 Å². The molecule has 4 saturated carbocycles. The Balaban J connectivity index is 1.47. The smallest absolute Gasteiger partial charge is 0.251 e. The summed E-state index contributed by atoms with van der Waals surface area (Å²) in [5, 5.41) is 3.08. The van der Waals surface area contributed by atoms with Crippen LogP contribution in [0.5, 0.6) is 0 Å². The Morgan fingerprint density at radius 3 is 2.15 bits per heavy atom. The number of carbonyl (C=O) groups is 1. The zero-order valence-corrected chi connectivity index (χ0v) is 17.0. The average molecular weight is 370 g/mol. The zero-order valence-electron chi connectivity index (χ0n) is 17.0. The van der Waals surface area contributed by atoms with Gasteiger partial charge in [0.15, 0.2) is 0 Å². The second-order valence-electron chi connectivity index (χ2n) is 10.4. The summed E-state index contributed by atoms with van der Waals surface area (Å²) in [5.41, 5.74) is 1.89. The summed E-state index contributed by atoms with van der Waals surface area (Å²) in [7, 11) is 0. The number of hydrogen-bond donors (Lipinski definition) is 1. The Hall–Kier alpha value is -1.64. The maximum absolute atomic E-state index is 15.5. The minimum Gasteiger partial charge on any atom is -0.346 e. The molecule has 3 atom stereocenters. The van der Waals surface area contributed by atoms with Gasteiger partial charge in [0.2, 0.25) is 0 Å². The first-order chi connectivity index (χ1) is 12.6. The lowest BCUT2D eigenvalue weighted by Crippen LogP contribution is -2.64. The van der Waals surface area contributed by atoms with E-state index < -0.39 is 5.67 Å². The Labute approximate surface area is 162 Å². The average Bonchev–Trinajstić information content (AvgIpc) is 2.55. The molecule has 4 aliphatic rings. The molecule has 3 heteroatoms. The van der Waals surface area contributed by atoms with E-state index in [1.54, 1.807) is 0 Å². The molecule has 27 heavy (non-hydrogen) atoms. The number of amides is 1. The van der Waals surface area contributed by atoms with Gasteiger partial charge >= 0.3 is 0 Å². The van der Waals surface area contributed by atoms with E-state index in [1.807, 2.05) is 24.3 Å². The molecule has 146 valence electrons. The fourth-order valence-electron chi connectivity index (χ4n) is 6.03. The summed E-state index contributed by atoms with van der Waals surface area (Å²) >= 11 is 0. The molecule has 0 aliphatic heterocycles. The van der Waals surface area contributed by atoms with Crippen LogP contribution in [0.15, 0.2) is 30.3 Å². The number of carbonyl (C=O) groups excluding carboxylic acids is 1. The van der Waals surface area contributed by atoms with Gasteiger partial charge in [-0.2, -0.15) is 0 Å². The Kier molecular flexibility index (Phi) is 4.48. The molecule has 1 aromatic carbocycles. The lowest BCUT2D eigenvalue weighted by atomic mass is 9.52. The van der Waals surface area contributed by atoms with Crippen molar-refractivity contribution in [3.05, 3.63) is 41.5 Å². The fourth-order valence-corrected chi connectivity index (χ4v) is 6.03. The molecular weight excluding hydrogens is 337 g/mol. The van der Waals surface area contributed by atoms with E-state index in [2.05, 4.69) is 39.1 Å². The van der Waals surface area contributed by atoms with E-state index in [1.165, 1.54) is 12.0 Å². The molecule has 4 bridgehead atoms. The molecular formula is C24H32FNO. The summed E-state index contributed by atoms with van der Waals surface area (Å²) < 4.78 is 15.5. The summed E-state index contributed by atoms with van der Waals surface area (Å²) in [5.74, 6) is 1.27. The highest BCUT2D eigenvalue weighted by atomic mass is 19.1. The molecule has 0 aromatic heterocycles. The molecule has 4 aliphatic carbocycles. The number of halogens is 1. The van der Waals surface area contributed by atoms with E-state index in [0.717, 1.165) is 18.4 Å². The third kappa shape index (κ3) is 3.70. The first-order valence-electron chi connectivity index (χ1n) is 10.4. The molecule has 0 saturated heterocycles. The third-order valence-electron chi connectivity index (χ3n) is 6.76. The van der Waals surface area contributed by atoms with E-state index in [0.29, 0.717) is 36.2 Å². The Morgan fingerprint density at radius 1 is 1.07 bits per heavy atom. The maximum atomic E-state index is 15.5. The van der Waals surface area contributed by atoms with E-state index in [-0.39, 0.29) is 17.4 Å². The van der Waals surface area contributed by atoms with Gasteiger partial charge in [-0.3, -0.25) is 4.79 Å². The highest BCUT2D eigenvalue weighted by Gasteiger charge is 2.58. The first-order valence-corrected chi connectivity index (χ1v) is 10.4. The molecule has 4 fully saturated rings. The molecule has 0 heterocycles. The lowest BCUT2D eigenvalue weighted by Gasteiger charge is -2.57. The van der Waals surface area contributed by atoms with Crippen molar-refractivity contribution in [2.45, 2.75) is 71.5 Å². The van der Waals surface area contributed by atoms with Crippen LogP contribution in [0, 0.1) is 23.2 Å². The van der Waals surface area contributed by atoms with Crippen LogP contribution >= 0.6 is 0 Å². The summed E-state index contributed by atoms with van der Waals surface area (Å²) in [6.07, 6.45) is 6.89. The number of hydrogen-bond acceptors (Lipinski definition) is 1. The van der Waals surface area contributed by atoms with E-state index >= 15 is 4.39 Å². The van der Waals surface area contributed by atoms with Crippen LogP contribution in [0.1, 0.15) is 75.7 Å².